The maximum absolute atomic E-state index is 10.0. The maximum atomic E-state index is 10.0. The molecule has 0 aromatic rings. The van der Waals surface area contributed by atoms with E-state index in [9.17, 15) is 4.79 Å². The van der Waals surface area contributed by atoms with Crippen LogP contribution in [0.5, 0.6) is 0 Å². The van der Waals surface area contributed by atoms with Gasteiger partial charge in [-0.05, 0) is 12.5 Å². The molecule has 0 N–H and O–H groups in total. The second-order valence-corrected chi connectivity index (χ2v) is 3.51. The van der Waals surface area contributed by atoms with Crippen molar-refractivity contribution in [2.45, 2.75) is 51.2 Å². The predicted molar refractivity (Wildman–Crippen MR) is 52.6 cm³/mol. The number of carbonyl (C=O) groups excluding carboxylic acids is 1. The smallest absolute Gasteiger partial charge is 0.142 e. The number of aldehydes is 1. The Hall–Kier alpha value is -0.630. The fourth-order valence-corrected chi connectivity index (χ4v) is 1.49. The lowest BCUT2D eigenvalue weighted by molar-refractivity contribution is -0.104. The third kappa shape index (κ3) is 4.23. The van der Waals surface area contributed by atoms with Gasteiger partial charge in [0, 0.05) is 0 Å². The molecule has 2 unspecified atom stereocenters. The normalized spacial score (nSPS) is 26.5. The molecule has 1 aliphatic heterocycles. The summed E-state index contributed by atoms with van der Waals surface area (Å²) < 4.78 is 5.35. The minimum atomic E-state index is 0.229. The van der Waals surface area contributed by atoms with Crippen LogP contribution in [0.25, 0.3) is 0 Å². The van der Waals surface area contributed by atoms with Crippen LogP contribution >= 0.6 is 0 Å². The van der Waals surface area contributed by atoms with Gasteiger partial charge in [-0.1, -0.05) is 38.7 Å². The molecule has 2 atom stereocenters. The molecule has 2 nitrogen and oxygen atoms in total. The van der Waals surface area contributed by atoms with Crippen LogP contribution in [0, 0.1) is 0 Å². The molecule has 0 aliphatic carbocycles. The highest BCUT2D eigenvalue weighted by atomic mass is 16.6. The van der Waals surface area contributed by atoms with E-state index in [1.54, 1.807) is 0 Å². The van der Waals surface area contributed by atoms with Gasteiger partial charge in [0.15, 0.2) is 0 Å². The Labute approximate surface area is 80.0 Å². The predicted octanol–water partition coefficient (Wildman–Crippen LogP) is 2.48. The third-order valence-electron chi connectivity index (χ3n) is 2.34. The van der Waals surface area contributed by atoms with E-state index < -0.39 is 0 Å². The van der Waals surface area contributed by atoms with Gasteiger partial charge >= 0.3 is 0 Å². The quantitative estimate of drug-likeness (QED) is 0.262. The number of rotatable bonds is 7. The zero-order valence-corrected chi connectivity index (χ0v) is 8.24. The van der Waals surface area contributed by atoms with Crippen molar-refractivity contribution in [3.63, 3.8) is 0 Å². The highest BCUT2D eigenvalue weighted by Crippen LogP contribution is 2.28. The SMILES string of the molecule is CCCCCCC1OC1C=CC=O. The van der Waals surface area contributed by atoms with Crippen molar-refractivity contribution >= 4 is 6.29 Å². The molecule has 0 radical (unpaired) electrons. The molecular formula is C11H18O2. The Morgan fingerprint density at radius 1 is 1.31 bits per heavy atom. The first-order chi connectivity index (χ1) is 6.38. The number of carbonyl (C=O) groups is 1. The fourth-order valence-electron chi connectivity index (χ4n) is 1.49. The van der Waals surface area contributed by atoms with Crippen molar-refractivity contribution in [2.75, 3.05) is 0 Å². The van der Waals surface area contributed by atoms with E-state index in [0.29, 0.717) is 6.10 Å². The molecule has 1 rings (SSSR count). The average molecular weight is 182 g/mol. The lowest BCUT2D eigenvalue weighted by Crippen LogP contribution is -1.90. The van der Waals surface area contributed by atoms with Gasteiger partial charge in [0.1, 0.15) is 12.4 Å². The maximum Gasteiger partial charge on any atom is 0.142 e. The first kappa shape index (κ1) is 10.5. The lowest BCUT2D eigenvalue weighted by Gasteiger charge is -1.94. The molecule has 1 heterocycles. The summed E-state index contributed by atoms with van der Waals surface area (Å²) in [5.41, 5.74) is 0. The van der Waals surface area contributed by atoms with E-state index in [4.69, 9.17) is 4.74 Å². The Morgan fingerprint density at radius 3 is 2.85 bits per heavy atom. The van der Waals surface area contributed by atoms with Crippen LogP contribution in [0.2, 0.25) is 0 Å². The van der Waals surface area contributed by atoms with E-state index in [1.807, 2.05) is 6.08 Å². The van der Waals surface area contributed by atoms with Crippen molar-refractivity contribution in [1.82, 2.24) is 0 Å². The molecule has 74 valence electrons. The average Bonchev–Trinajstić information content (AvgIpc) is 2.88. The number of hydrogen-bond donors (Lipinski definition) is 0. The van der Waals surface area contributed by atoms with Gasteiger partial charge in [0.25, 0.3) is 0 Å². The van der Waals surface area contributed by atoms with Crippen LogP contribution in [0.15, 0.2) is 12.2 Å². The van der Waals surface area contributed by atoms with Crippen LogP contribution in [-0.2, 0) is 9.53 Å². The monoisotopic (exact) mass is 182 g/mol. The zero-order chi connectivity index (χ0) is 9.52. The second-order valence-electron chi connectivity index (χ2n) is 3.51. The van der Waals surface area contributed by atoms with E-state index in [-0.39, 0.29) is 6.10 Å². The topological polar surface area (TPSA) is 29.6 Å². The van der Waals surface area contributed by atoms with Gasteiger partial charge in [-0.3, -0.25) is 4.79 Å². The van der Waals surface area contributed by atoms with Crippen molar-refractivity contribution < 1.29 is 9.53 Å². The van der Waals surface area contributed by atoms with Gasteiger partial charge in [-0.2, -0.15) is 0 Å². The molecule has 0 bridgehead atoms. The third-order valence-corrected chi connectivity index (χ3v) is 2.34. The molecule has 13 heavy (non-hydrogen) atoms. The van der Waals surface area contributed by atoms with Crippen LogP contribution in [0.1, 0.15) is 39.0 Å². The molecule has 1 fully saturated rings. The zero-order valence-electron chi connectivity index (χ0n) is 8.24. The highest BCUT2D eigenvalue weighted by molar-refractivity contribution is 5.64. The first-order valence-corrected chi connectivity index (χ1v) is 5.16. The molecule has 0 amide bonds. The highest BCUT2D eigenvalue weighted by Gasteiger charge is 2.35. The summed E-state index contributed by atoms with van der Waals surface area (Å²) in [6.45, 7) is 2.21. The summed E-state index contributed by atoms with van der Waals surface area (Å²) in [5.74, 6) is 0. The minimum absolute atomic E-state index is 0.229. The summed E-state index contributed by atoms with van der Waals surface area (Å²) in [7, 11) is 0. The van der Waals surface area contributed by atoms with E-state index in [2.05, 4.69) is 6.92 Å². The van der Waals surface area contributed by atoms with Gasteiger partial charge in [-0.15, -0.1) is 0 Å². The van der Waals surface area contributed by atoms with Crippen LogP contribution in [-0.4, -0.2) is 18.5 Å². The molecule has 0 aromatic carbocycles. The van der Waals surface area contributed by atoms with E-state index in [0.717, 1.165) is 12.7 Å². The minimum Gasteiger partial charge on any atom is -0.365 e. The Morgan fingerprint density at radius 2 is 2.15 bits per heavy atom. The van der Waals surface area contributed by atoms with Crippen molar-refractivity contribution in [2.24, 2.45) is 0 Å². The van der Waals surface area contributed by atoms with Crippen LogP contribution < -0.4 is 0 Å². The Kier molecular flexibility index (Phi) is 4.76. The number of hydrogen-bond acceptors (Lipinski definition) is 2. The van der Waals surface area contributed by atoms with Gasteiger partial charge in [-0.25, -0.2) is 0 Å². The van der Waals surface area contributed by atoms with Gasteiger partial charge < -0.3 is 4.74 Å². The van der Waals surface area contributed by atoms with Crippen molar-refractivity contribution in [1.29, 1.82) is 0 Å². The van der Waals surface area contributed by atoms with E-state index in [1.165, 1.54) is 31.8 Å². The molecule has 0 aromatic heterocycles. The summed E-state index contributed by atoms with van der Waals surface area (Å²) in [5, 5.41) is 0. The molecule has 2 heteroatoms. The molecule has 0 spiro atoms. The lowest BCUT2D eigenvalue weighted by atomic mass is 10.1. The fraction of sp³-hybridized carbons (Fsp3) is 0.727. The van der Waals surface area contributed by atoms with Gasteiger partial charge in [0.05, 0.1) is 6.10 Å². The van der Waals surface area contributed by atoms with Crippen LogP contribution in [0.4, 0.5) is 0 Å². The first-order valence-electron chi connectivity index (χ1n) is 5.16. The summed E-state index contributed by atoms with van der Waals surface area (Å²) in [6, 6.07) is 0. The van der Waals surface area contributed by atoms with Crippen molar-refractivity contribution in [3.05, 3.63) is 12.2 Å². The summed E-state index contributed by atoms with van der Waals surface area (Å²) in [6.07, 6.45) is 11.1. The standard InChI is InChI=1S/C11H18O2/c1-2-3-4-5-7-10-11(13-10)8-6-9-12/h6,8-11H,2-5,7H2,1H3. The summed E-state index contributed by atoms with van der Waals surface area (Å²) in [4.78, 5) is 10.0. The molecule has 0 saturated carbocycles. The van der Waals surface area contributed by atoms with Crippen LogP contribution in [0.3, 0.4) is 0 Å². The number of allylic oxidation sites excluding steroid dienone is 1. The number of epoxide rings is 1. The van der Waals surface area contributed by atoms with Crippen molar-refractivity contribution in [3.8, 4) is 0 Å². The Balaban J connectivity index is 1.94. The molecule has 1 aliphatic rings. The largest absolute Gasteiger partial charge is 0.365 e. The van der Waals surface area contributed by atoms with Gasteiger partial charge in [0.2, 0.25) is 0 Å². The summed E-state index contributed by atoms with van der Waals surface area (Å²) >= 11 is 0. The van der Waals surface area contributed by atoms with E-state index >= 15 is 0 Å². The molecule has 1 saturated heterocycles. The number of ether oxygens (including phenoxy) is 1. The number of unbranched alkanes of at least 4 members (excludes halogenated alkanes) is 3. The Bertz CT molecular complexity index is 175. The molecular weight excluding hydrogens is 164 g/mol. The second kappa shape index (κ2) is 5.92.